The first kappa shape index (κ1) is 21.8. The fourth-order valence-corrected chi connectivity index (χ4v) is 5.16. The van der Waals surface area contributed by atoms with Crippen LogP contribution in [0.4, 0.5) is 11.4 Å². The van der Waals surface area contributed by atoms with Crippen LogP contribution in [0.2, 0.25) is 0 Å². The van der Waals surface area contributed by atoms with E-state index in [1.165, 1.54) is 30.0 Å². The molecule has 1 heterocycles. The number of anilines is 2. The molecule has 3 aliphatic rings. The highest BCUT2D eigenvalue weighted by molar-refractivity contribution is 6.23. The first-order valence-electron chi connectivity index (χ1n) is 11.1. The summed E-state index contributed by atoms with van der Waals surface area (Å²) in [4.78, 5) is 63.4. The van der Waals surface area contributed by atoms with Crippen LogP contribution in [0.3, 0.4) is 0 Å². The summed E-state index contributed by atoms with van der Waals surface area (Å²) in [6, 6.07) is 12.5. The maximum absolute atomic E-state index is 13.0. The van der Waals surface area contributed by atoms with E-state index in [1.807, 2.05) is 12.2 Å². The van der Waals surface area contributed by atoms with Crippen LogP contribution in [0.15, 0.2) is 60.7 Å². The van der Waals surface area contributed by atoms with Crippen LogP contribution in [0, 0.1) is 23.7 Å². The highest BCUT2D eigenvalue weighted by atomic mass is 16.5. The minimum Gasteiger partial charge on any atom is -0.452 e. The summed E-state index contributed by atoms with van der Waals surface area (Å²) in [6.07, 6.45) is 4.89. The monoisotopic (exact) mass is 458 g/mol. The van der Waals surface area contributed by atoms with Crippen molar-refractivity contribution in [3.63, 3.8) is 0 Å². The van der Waals surface area contributed by atoms with Gasteiger partial charge in [0, 0.05) is 11.3 Å². The second kappa shape index (κ2) is 8.37. The van der Waals surface area contributed by atoms with Gasteiger partial charge in [-0.1, -0.05) is 30.4 Å². The molecule has 2 aromatic carbocycles. The Hall–Kier alpha value is -4.07. The number of nitrogens with zero attached hydrogens (tertiary/aromatic N) is 1. The Kier molecular flexibility index (Phi) is 5.36. The van der Waals surface area contributed by atoms with E-state index in [0.29, 0.717) is 16.9 Å². The van der Waals surface area contributed by atoms with Crippen LogP contribution >= 0.6 is 0 Å². The van der Waals surface area contributed by atoms with Gasteiger partial charge in [-0.3, -0.25) is 19.2 Å². The van der Waals surface area contributed by atoms with Crippen molar-refractivity contribution >= 4 is 40.8 Å². The van der Waals surface area contributed by atoms with Gasteiger partial charge in [0.25, 0.3) is 5.91 Å². The number of carbonyl (C=O) groups is 5. The molecule has 1 saturated heterocycles. The largest absolute Gasteiger partial charge is 0.452 e. The van der Waals surface area contributed by atoms with E-state index in [1.54, 1.807) is 30.3 Å². The lowest BCUT2D eigenvalue weighted by Gasteiger charge is -2.18. The molecular formula is C26H22N2O6. The summed E-state index contributed by atoms with van der Waals surface area (Å²) < 4.78 is 5.11. The number of fused-ring (bicyclic) bond motifs is 5. The molecule has 8 heteroatoms. The maximum Gasteiger partial charge on any atom is 0.338 e. The van der Waals surface area contributed by atoms with Crippen molar-refractivity contribution in [2.75, 3.05) is 16.8 Å². The van der Waals surface area contributed by atoms with Gasteiger partial charge in [-0.05, 0) is 55.5 Å². The Morgan fingerprint density at radius 1 is 0.941 bits per heavy atom. The van der Waals surface area contributed by atoms with Crippen molar-refractivity contribution in [3.05, 3.63) is 71.8 Å². The van der Waals surface area contributed by atoms with Crippen molar-refractivity contribution in [1.82, 2.24) is 0 Å². The molecule has 2 aromatic rings. The molecule has 0 aromatic heterocycles. The van der Waals surface area contributed by atoms with Gasteiger partial charge in [0.05, 0.1) is 23.1 Å². The first-order chi connectivity index (χ1) is 16.3. The van der Waals surface area contributed by atoms with E-state index in [4.69, 9.17) is 4.74 Å². The lowest BCUT2D eigenvalue weighted by atomic mass is 9.85. The predicted molar refractivity (Wildman–Crippen MR) is 122 cm³/mol. The predicted octanol–water partition coefficient (Wildman–Crippen LogP) is 3.00. The van der Waals surface area contributed by atoms with Gasteiger partial charge in [-0.2, -0.15) is 0 Å². The van der Waals surface area contributed by atoms with Gasteiger partial charge in [0.1, 0.15) is 0 Å². The topological polar surface area (TPSA) is 110 Å². The molecule has 2 bridgehead atoms. The average Bonchev–Trinajstić information content (AvgIpc) is 3.51. The molecule has 34 heavy (non-hydrogen) atoms. The molecule has 0 spiro atoms. The number of hydrogen-bond acceptors (Lipinski definition) is 6. The molecule has 2 aliphatic carbocycles. The fraction of sp³-hybridized carbons (Fsp3) is 0.269. The molecular weight excluding hydrogens is 436 g/mol. The number of esters is 1. The van der Waals surface area contributed by atoms with Crippen LogP contribution in [0.1, 0.15) is 34.1 Å². The molecule has 3 amide bonds. The number of Topliss-reactive ketones (excluding diaryl/α,β-unsaturated/α-hetero) is 1. The van der Waals surface area contributed by atoms with Crippen molar-refractivity contribution in [3.8, 4) is 0 Å². The molecule has 1 saturated carbocycles. The third kappa shape index (κ3) is 3.71. The molecule has 0 radical (unpaired) electrons. The van der Waals surface area contributed by atoms with Crippen molar-refractivity contribution in [2.45, 2.75) is 13.3 Å². The molecule has 5 rings (SSSR count). The lowest BCUT2D eigenvalue weighted by Crippen LogP contribution is -2.33. The molecule has 1 aliphatic heterocycles. The zero-order valence-corrected chi connectivity index (χ0v) is 18.4. The van der Waals surface area contributed by atoms with Gasteiger partial charge in [-0.15, -0.1) is 0 Å². The number of allylic oxidation sites excluding steroid dienone is 2. The summed E-state index contributed by atoms with van der Waals surface area (Å²) in [5.74, 6) is -2.38. The van der Waals surface area contributed by atoms with Crippen molar-refractivity contribution in [1.29, 1.82) is 0 Å². The number of nitrogens with one attached hydrogen (secondary N) is 1. The lowest BCUT2D eigenvalue weighted by molar-refractivity contribution is -0.123. The number of benzene rings is 2. The molecule has 2 fully saturated rings. The van der Waals surface area contributed by atoms with Crippen molar-refractivity contribution in [2.24, 2.45) is 23.7 Å². The third-order valence-electron chi connectivity index (χ3n) is 6.70. The van der Waals surface area contributed by atoms with Gasteiger partial charge in [0.15, 0.2) is 12.4 Å². The van der Waals surface area contributed by atoms with Gasteiger partial charge < -0.3 is 10.1 Å². The Morgan fingerprint density at radius 3 is 2.26 bits per heavy atom. The third-order valence-corrected chi connectivity index (χ3v) is 6.70. The Labute approximate surface area is 195 Å². The quantitative estimate of drug-likeness (QED) is 0.308. The smallest absolute Gasteiger partial charge is 0.338 e. The molecule has 1 N–H and O–H groups in total. The van der Waals surface area contributed by atoms with E-state index in [2.05, 4.69) is 5.32 Å². The SMILES string of the molecule is CC(=O)c1cccc(NC(=O)COC(=O)c2cccc(N3C(=O)[C@@H]4[C@@H](C3=O)[C@H]3C=C[C@H]4C3)c2)c1. The summed E-state index contributed by atoms with van der Waals surface area (Å²) >= 11 is 0. The summed E-state index contributed by atoms with van der Waals surface area (Å²) in [5, 5.41) is 2.58. The summed E-state index contributed by atoms with van der Waals surface area (Å²) in [6.45, 7) is 0.891. The van der Waals surface area contributed by atoms with E-state index < -0.39 is 18.5 Å². The first-order valence-corrected chi connectivity index (χ1v) is 11.1. The molecule has 4 atom stereocenters. The van der Waals surface area contributed by atoms with E-state index in [9.17, 15) is 24.0 Å². The second-order valence-electron chi connectivity index (χ2n) is 8.82. The Morgan fingerprint density at radius 2 is 1.59 bits per heavy atom. The van der Waals surface area contributed by atoms with Crippen LogP contribution in [0.5, 0.6) is 0 Å². The minimum absolute atomic E-state index is 0.0965. The standard InChI is InChI=1S/C26H22N2O6/c1-14(29)15-4-2-6-19(11-15)27-21(30)13-34-26(33)18-5-3-7-20(12-18)28-24(31)22-16-8-9-17(10-16)23(22)25(28)32/h2-9,11-12,16-17,22-23H,10,13H2,1H3,(H,27,30)/t16-,17-,22-,23-/m0/s1. The van der Waals surface area contributed by atoms with E-state index in [0.717, 1.165) is 6.42 Å². The Balaban J connectivity index is 1.23. The summed E-state index contributed by atoms with van der Waals surface area (Å²) in [7, 11) is 0. The van der Waals surface area contributed by atoms with Gasteiger partial charge in [-0.25, -0.2) is 9.69 Å². The normalized spacial score (nSPS) is 24.3. The average molecular weight is 458 g/mol. The summed E-state index contributed by atoms with van der Waals surface area (Å²) in [5.41, 5.74) is 1.31. The Bertz CT molecular complexity index is 1240. The fourth-order valence-electron chi connectivity index (χ4n) is 5.16. The minimum atomic E-state index is -0.754. The number of amides is 3. The molecule has 0 unspecified atom stereocenters. The maximum atomic E-state index is 13.0. The molecule has 172 valence electrons. The zero-order valence-electron chi connectivity index (χ0n) is 18.4. The van der Waals surface area contributed by atoms with Crippen molar-refractivity contribution < 1.29 is 28.7 Å². The number of ketones is 1. The van der Waals surface area contributed by atoms with Crippen LogP contribution < -0.4 is 10.2 Å². The van der Waals surface area contributed by atoms with Crippen LogP contribution in [-0.2, 0) is 19.1 Å². The second-order valence-corrected chi connectivity index (χ2v) is 8.82. The highest BCUT2D eigenvalue weighted by Gasteiger charge is 2.59. The number of hydrogen-bond donors (Lipinski definition) is 1. The number of rotatable bonds is 6. The van der Waals surface area contributed by atoms with E-state index >= 15 is 0 Å². The number of carbonyl (C=O) groups excluding carboxylic acids is 5. The number of ether oxygens (including phenoxy) is 1. The highest BCUT2D eigenvalue weighted by Crippen LogP contribution is 2.53. The van der Waals surface area contributed by atoms with Gasteiger partial charge in [0.2, 0.25) is 11.8 Å². The van der Waals surface area contributed by atoms with Gasteiger partial charge >= 0.3 is 5.97 Å². The van der Waals surface area contributed by atoms with Crippen LogP contribution in [0.25, 0.3) is 0 Å². The molecule has 8 nitrogen and oxygen atoms in total. The number of imide groups is 1. The zero-order chi connectivity index (χ0) is 24.0. The van der Waals surface area contributed by atoms with E-state index in [-0.39, 0.29) is 46.8 Å². The van der Waals surface area contributed by atoms with Crippen LogP contribution in [-0.4, -0.2) is 36.1 Å².